The number of nitrogens with zero attached hydrogens (tertiary/aromatic N) is 2. The average molecular weight is 274 g/mol. The summed E-state index contributed by atoms with van der Waals surface area (Å²) in [5.41, 5.74) is 0.769. The smallest absolute Gasteiger partial charge is 0.257 e. The third kappa shape index (κ3) is 2.62. The van der Waals surface area contributed by atoms with E-state index < -0.39 is 0 Å². The highest BCUT2D eigenvalue weighted by Gasteiger charge is 2.18. The quantitative estimate of drug-likeness (QED) is 0.865. The minimum absolute atomic E-state index is 0.230. The Hall–Kier alpha value is -2.41. The van der Waals surface area contributed by atoms with E-state index in [9.17, 15) is 9.59 Å². The number of anilines is 1. The monoisotopic (exact) mass is 274 g/mol. The number of nitrogens with one attached hydrogen (secondary N) is 2. The van der Waals surface area contributed by atoms with Crippen LogP contribution >= 0.6 is 0 Å². The van der Waals surface area contributed by atoms with Gasteiger partial charge in [0.05, 0.1) is 30.1 Å². The molecule has 1 amide bonds. The van der Waals surface area contributed by atoms with E-state index in [0.717, 1.165) is 13.0 Å². The lowest BCUT2D eigenvalue weighted by atomic mass is 10.2. The molecule has 1 aliphatic rings. The third-order valence-corrected chi connectivity index (χ3v) is 3.19. The van der Waals surface area contributed by atoms with E-state index in [1.807, 2.05) is 0 Å². The summed E-state index contributed by atoms with van der Waals surface area (Å²) in [5.74, 6) is -0.288. The highest BCUT2D eigenvalue weighted by Crippen LogP contribution is 2.19. The molecule has 0 bridgehead atoms. The van der Waals surface area contributed by atoms with E-state index in [1.54, 1.807) is 17.1 Å². The molecule has 1 aliphatic heterocycles. The second-order valence-corrected chi connectivity index (χ2v) is 4.62. The maximum Gasteiger partial charge on any atom is 0.257 e. The Morgan fingerprint density at radius 3 is 3.10 bits per heavy atom. The molecule has 0 unspecified atom stereocenters. The Kier molecular flexibility index (Phi) is 3.34. The van der Waals surface area contributed by atoms with Gasteiger partial charge in [0.2, 0.25) is 5.56 Å². The lowest BCUT2D eigenvalue weighted by molar-refractivity contribution is 0.102. The van der Waals surface area contributed by atoms with Crippen LogP contribution < -0.4 is 10.9 Å². The lowest BCUT2D eigenvalue weighted by Crippen LogP contribution is -2.14. The molecule has 7 heteroatoms. The second kappa shape index (κ2) is 5.30. The molecule has 3 rings (SSSR count). The summed E-state index contributed by atoms with van der Waals surface area (Å²) in [6.45, 7) is 1.39. The minimum Gasteiger partial charge on any atom is -0.379 e. The standard InChI is InChI=1S/C13H14N4O3/c18-12-2-1-9(5-14-12)13(19)16-10-6-15-17(7-10)11-3-4-20-8-11/h1-2,5-7,11H,3-4,8H2,(H,14,18)(H,16,19)/t11-/m0/s1. The van der Waals surface area contributed by atoms with Crippen molar-refractivity contribution in [3.63, 3.8) is 0 Å². The number of carbonyl (C=O) groups is 1. The first-order valence-corrected chi connectivity index (χ1v) is 6.34. The molecule has 0 saturated carbocycles. The van der Waals surface area contributed by atoms with Crippen LogP contribution in [0.15, 0.2) is 35.5 Å². The largest absolute Gasteiger partial charge is 0.379 e. The van der Waals surface area contributed by atoms with Gasteiger partial charge in [0.15, 0.2) is 0 Å². The highest BCUT2D eigenvalue weighted by molar-refractivity contribution is 6.03. The summed E-state index contributed by atoms with van der Waals surface area (Å²) >= 11 is 0. The number of carbonyl (C=O) groups excluding carboxylic acids is 1. The molecular weight excluding hydrogens is 260 g/mol. The van der Waals surface area contributed by atoms with Crippen molar-refractivity contribution in [3.8, 4) is 0 Å². The van der Waals surface area contributed by atoms with Crippen LogP contribution in [0.2, 0.25) is 0 Å². The predicted octanol–water partition coefficient (Wildman–Crippen LogP) is 0.785. The molecule has 0 aliphatic carbocycles. The average Bonchev–Trinajstić information content (AvgIpc) is 3.09. The SMILES string of the molecule is O=C(Nc1cnn([C@H]2CCOC2)c1)c1ccc(=O)[nH]c1. The zero-order chi connectivity index (χ0) is 13.9. The molecule has 2 aromatic rings. The predicted molar refractivity (Wildman–Crippen MR) is 71.7 cm³/mol. The molecule has 7 nitrogen and oxygen atoms in total. The summed E-state index contributed by atoms with van der Waals surface area (Å²) in [6, 6.07) is 3.02. The van der Waals surface area contributed by atoms with E-state index in [4.69, 9.17) is 4.74 Å². The van der Waals surface area contributed by atoms with Crippen molar-refractivity contribution >= 4 is 11.6 Å². The number of amides is 1. The molecule has 0 aromatic carbocycles. The van der Waals surface area contributed by atoms with Gasteiger partial charge in [-0.3, -0.25) is 14.3 Å². The fraction of sp³-hybridized carbons (Fsp3) is 0.308. The number of hydrogen-bond donors (Lipinski definition) is 2. The number of aromatic nitrogens is 3. The number of rotatable bonds is 3. The molecule has 20 heavy (non-hydrogen) atoms. The molecule has 1 saturated heterocycles. The highest BCUT2D eigenvalue weighted by atomic mass is 16.5. The van der Waals surface area contributed by atoms with Gasteiger partial charge in [-0.05, 0) is 12.5 Å². The van der Waals surface area contributed by atoms with Gasteiger partial charge in [0.1, 0.15) is 0 Å². The van der Waals surface area contributed by atoms with E-state index in [-0.39, 0.29) is 17.5 Å². The minimum atomic E-state index is -0.288. The molecular formula is C13H14N4O3. The van der Waals surface area contributed by atoms with Crippen LogP contribution in [0.25, 0.3) is 0 Å². The van der Waals surface area contributed by atoms with Gasteiger partial charge in [0, 0.05) is 25.1 Å². The van der Waals surface area contributed by atoms with Crippen molar-refractivity contribution in [1.29, 1.82) is 0 Å². The van der Waals surface area contributed by atoms with Gasteiger partial charge < -0.3 is 15.0 Å². The molecule has 0 spiro atoms. The number of hydrogen-bond acceptors (Lipinski definition) is 4. The van der Waals surface area contributed by atoms with E-state index >= 15 is 0 Å². The molecule has 2 N–H and O–H groups in total. The first-order valence-electron chi connectivity index (χ1n) is 6.34. The summed E-state index contributed by atoms with van der Waals surface area (Å²) in [7, 11) is 0. The molecule has 104 valence electrons. The molecule has 3 heterocycles. The summed E-state index contributed by atoms with van der Waals surface area (Å²) in [5, 5.41) is 6.96. The van der Waals surface area contributed by atoms with Gasteiger partial charge in [-0.15, -0.1) is 0 Å². The van der Waals surface area contributed by atoms with E-state index in [2.05, 4.69) is 15.4 Å². The molecule has 1 fully saturated rings. The van der Waals surface area contributed by atoms with Crippen molar-refractivity contribution < 1.29 is 9.53 Å². The number of aromatic amines is 1. The number of pyridine rings is 1. The summed E-state index contributed by atoms with van der Waals surface area (Å²) in [6.07, 6.45) is 5.69. The van der Waals surface area contributed by atoms with Crippen LogP contribution in [-0.2, 0) is 4.74 Å². The van der Waals surface area contributed by atoms with Crippen LogP contribution in [0.3, 0.4) is 0 Å². The van der Waals surface area contributed by atoms with Crippen molar-refractivity contribution in [2.75, 3.05) is 18.5 Å². The van der Waals surface area contributed by atoms with Crippen LogP contribution in [0.4, 0.5) is 5.69 Å². The Morgan fingerprint density at radius 1 is 1.50 bits per heavy atom. The first-order chi connectivity index (χ1) is 9.72. The molecule has 1 atom stereocenters. The fourth-order valence-electron chi connectivity index (χ4n) is 2.09. The first kappa shape index (κ1) is 12.6. The van der Waals surface area contributed by atoms with Gasteiger partial charge in [-0.2, -0.15) is 5.10 Å². The van der Waals surface area contributed by atoms with Crippen LogP contribution in [0, 0.1) is 0 Å². The lowest BCUT2D eigenvalue weighted by Gasteiger charge is -2.06. The summed E-state index contributed by atoms with van der Waals surface area (Å²) < 4.78 is 7.10. The number of ether oxygens (including phenoxy) is 1. The Bertz CT molecular complexity index is 650. The van der Waals surface area contributed by atoms with Crippen molar-refractivity contribution in [2.24, 2.45) is 0 Å². The second-order valence-electron chi connectivity index (χ2n) is 4.62. The normalized spacial score (nSPS) is 18.1. The Morgan fingerprint density at radius 2 is 2.40 bits per heavy atom. The van der Waals surface area contributed by atoms with Crippen molar-refractivity contribution in [1.82, 2.24) is 14.8 Å². The number of H-pyrrole nitrogens is 1. The molecule has 2 aromatic heterocycles. The van der Waals surface area contributed by atoms with Gasteiger partial charge in [-0.1, -0.05) is 0 Å². The van der Waals surface area contributed by atoms with Crippen LogP contribution in [0.5, 0.6) is 0 Å². The summed E-state index contributed by atoms with van der Waals surface area (Å²) in [4.78, 5) is 25.4. The fourth-order valence-corrected chi connectivity index (χ4v) is 2.09. The van der Waals surface area contributed by atoms with Crippen LogP contribution in [-0.4, -0.2) is 33.9 Å². The van der Waals surface area contributed by atoms with Crippen LogP contribution in [0.1, 0.15) is 22.8 Å². The Balaban J connectivity index is 1.69. The molecule has 0 radical (unpaired) electrons. The van der Waals surface area contributed by atoms with Gasteiger partial charge >= 0.3 is 0 Å². The van der Waals surface area contributed by atoms with Gasteiger partial charge in [-0.25, -0.2) is 0 Å². The van der Waals surface area contributed by atoms with Crippen molar-refractivity contribution in [3.05, 3.63) is 46.6 Å². The maximum atomic E-state index is 12.0. The zero-order valence-corrected chi connectivity index (χ0v) is 10.7. The maximum absolute atomic E-state index is 12.0. The Labute approximate surface area is 114 Å². The topological polar surface area (TPSA) is 89.0 Å². The van der Waals surface area contributed by atoms with Crippen molar-refractivity contribution in [2.45, 2.75) is 12.5 Å². The van der Waals surface area contributed by atoms with E-state index in [1.165, 1.54) is 18.3 Å². The zero-order valence-electron chi connectivity index (χ0n) is 10.7. The van der Waals surface area contributed by atoms with E-state index in [0.29, 0.717) is 17.9 Å². The third-order valence-electron chi connectivity index (χ3n) is 3.19. The van der Waals surface area contributed by atoms with Gasteiger partial charge in [0.25, 0.3) is 5.91 Å².